The molecule has 11 heavy (non-hydrogen) atoms. The Bertz CT molecular complexity index is 328. The molecule has 2 rings (SSSR count). The van der Waals surface area contributed by atoms with Gasteiger partial charge in [0.25, 0.3) is 0 Å². The maximum Gasteiger partial charge on any atom is 0.128 e. The first-order valence-electron chi connectivity index (χ1n) is 3.59. The zero-order valence-electron chi connectivity index (χ0n) is 6.26. The fourth-order valence-corrected chi connectivity index (χ4v) is 1.26. The van der Waals surface area contributed by atoms with E-state index in [1.165, 1.54) is 0 Å². The van der Waals surface area contributed by atoms with Gasteiger partial charge in [-0.2, -0.15) is 0 Å². The zero-order valence-corrected chi connectivity index (χ0v) is 6.26. The Morgan fingerprint density at radius 2 is 2.36 bits per heavy atom. The molecule has 1 aromatic rings. The lowest BCUT2D eigenvalue weighted by atomic mass is 10.2. The van der Waals surface area contributed by atoms with E-state index >= 15 is 0 Å². The molecule has 1 aliphatic carbocycles. The lowest BCUT2D eigenvalue weighted by molar-refractivity contribution is 0.762. The highest BCUT2D eigenvalue weighted by Gasteiger charge is 2.14. The van der Waals surface area contributed by atoms with Gasteiger partial charge < -0.3 is 0 Å². The summed E-state index contributed by atoms with van der Waals surface area (Å²) >= 11 is 0. The van der Waals surface area contributed by atoms with Gasteiger partial charge in [-0.25, -0.2) is 4.39 Å². The molecule has 0 bridgehead atoms. The first-order chi connectivity index (χ1) is 5.27. The third-order valence-corrected chi connectivity index (χ3v) is 1.84. The molecule has 0 atom stereocenters. The van der Waals surface area contributed by atoms with E-state index in [9.17, 15) is 4.39 Å². The van der Waals surface area contributed by atoms with Crippen molar-refractivity contribution in [2.24, 2.45) is 0 Å². The van der Waals surface area contributed by atoms with E-state index in [2.05, 4.69) is 4.98 Å². The van der Waals surface area contributed by atoms with Crippen molar-refractivity contribution < 1.29 is 4.39 Å². The molecule has 0 aliphatic heterocycles. The molecular formula is C9H8FN. The van der Waals surface area contributed by atoms with Crippen LogP contribution in [-0.4, -0.2) is 4.98 Å². The van der Waals surface area contributed by atoms with E-state index < -0.39 is 0 Å². The second kappa shape index (κ2) is 2.16. The molecule has 0 fully saturated rings. The highest BCUT2D eigenvalue weighted by molar-refractivity contribution is 5.66. The standard InChI is InChI=1S/C9H8FN/c1-6-4-7-8(10)2-3-9(7)11-5-6/h2,4-5H,3H2,1H3. The highest BCUT2D eigenvalue weighted by atomic mass is 19.1. The number of rotatable bonds is 0. The molecule has 0 radical (unpaired) electrons. The fourth-order valence-electron chi connectivity index (χ4n) is 1.26. The Morgan fingerprint density at radius 1 is 1.55 bits per heavy atom. The zero-order chi connectivity index (χ0) is 7.84. The van der Waals surface area contributed by atoms with Crippen LogP contribution < -0.4 is 0 Å². The van der Waals surface area contributed by atoms with Gasteiger partial charge in [0.05, 0.1) is 5.69 Å². The van der Waals surface area contributed by atoms with Crippen molar-refractivity contribution in [1.82, 2.24) is 4.98 Å². The van der Waals surface area contributed by atoms with Crippen molar-refractivity contribution in [2.45, 2.75) is 13.3 Å². The third-order valence-electron chi connectivity index (χ3n) is 1.84. The van der Waals surface area contributed by atoms with E-state index in [0.717, 1.165) is 11.3 Å². The van der Waals surface area contributed by atoms with Crippen LogP contribution in [0.1, 0.15) is 16.8 Å². The van der Waals surface area contributed by atoms with Gasteiger partial charge in [0.1, 0.15) is 5.83 Å². The minimum Gasteiger partial charge on any atom is -0.260 e. The van der Waals surface area contributed by atoms with Crippen LogP contribution in [-0.2, 0) is 6.42 Å². The minimum absolute atomic E-state index is 0.129. The summed E-state index contributed by atoms with van der Waals surface area (Å²) in [5, 5.41) is 0. The number of nitrogens with zero attached hydrogens (tertiary/aromatic N) is 1. The summed E-state index contributed by atoms with van der Waals surface area (Å²) in [7, 11) is 0. The molecule has 0 N–H and O–H groups in total. The number of aryl methyl sites for hydroxylation is 1. The summed E-state index contributed by atoms with van der Waals surface area (Å²) in [5.41, 5.74) is 2.53. The lowest BCUT2D eigenvalue weighted by Gasteiger charge is -1.98. The maximum absolute atomic E-state index is 12.9. The van der Waals surface area contributed by atoms with Crippen molar-refractivity contribution >= 4 is 5.83 Å². The molecule has 56 valence electrons. The third kappa shape index (κ3) is 0.946. The van der Waals surface area contributed by atoms with Gasteiger partial charge in [-0.3, -0.25) is 4.98 Å². The Labute approximate surface area is 64.6 Å². The average molecular weight is 149 g/mol. The van der Waals surface area contributed by atoms with Crippen LogP contribution >= 0.6 is 0 Å². The second-order valence-corrected chi connectivity index (χ2v) is 2.76. The predicted molar refractivity (Wildman–Crippen MR) is 41.8 cm³/mol. The number of hydrogen-bond acceptors (Lipinski definition) is 1. The fraction of sp³-hybridized carbons (Fsp3) is 0.222. The number of halogens is 1. The lowest BCUT2D eigenvalue weighted by Crippen LogP contribution is -1.88. The summed E-state index contributed by atoms with van der Waals surface area (Å²) in [6.45, 7) is 1.92. The highest BCUT2D eigenvalue weighted by Crippen LogP contribution is 2.26. The first kappa shape index (κ1) is 6.53. The van der Waals surface area contributed by atoms with Gasteiger partial charge in [-0.05, 0) is 24.6 Å². The molecule has 0 aromatic carbocycles. The minimum atomic E-state index is -0.129. The van der Waals surface area contributed by atoms with Crippen molar-refractivity contribution in [3.05, 3.63) is 35.2 Å². The molecule has 1 aromatic heterocycles. The van der Waals surface area contributed by atoms with Crippen LogP contribution in [0, 0.1) is 6.92 Å². The maximum atomic E-state index is 12.9. The molecule has 1 heterocycles. The number of fused-ring (bicyclic) bond motifs is 1. The van der Waals surface area contributed by atoms with Crippen molar-refractivity contribution in [3.63, 3.8) is 0 Å². The molecule has 1 nitrogen and oxygen atoms in total. The second-order valence-electron chi connectivity index (χ2n) is 2.76. The Hall–Kier alpha value is -1.18. The SMILES string of the molecule is Cc1cnc2c(c1)C(F)=CC2. The van der Waals surface area contributed by atoms with E-state index in [-0.39, 0.29) is 5.83 Å². The molecular weight excluding hydrogens is 141 g/mol. The van der Waals surface area contributed by atoms with Crippen LogP contribution in [0.5, 0.6) is 0 Å². The van der Waals surface area contributed by atoms with Crippen molar-refractivity contribution in [3.8, 4) is 0 Å². The van der Waals surface area contributed by atoms with Gasteiger partial charge in [0.2, 0.25) is 0 Å². The Morgan fingerprint density at radius 3 is 3.18 bits per heavy atom. The molecule has 0 spiro atoms. The van der Waals surface area contributed by atoms with Crippen LogP contribution in [0.2, 0.25) is 0 Å². The summed E-state index contributed by atoms with van der Waals surface area (Å²) in [5.74, 6) is -0.129. The van der Waals surface area contributed by atoms with E-state index in [1.807, 2.05) is 13.0 Å². The quantitative estimate of drug-likeness (QED) is 0.551. The Balaban J connectivity index is 2.60. The molecule has 1 aliphatic rings. The number of allylic oxidation sites excluding steroid dienone is 1. The average Bonchev–Trinajstić information content (AvgIpc) is 2.33. The summed E-state index contributed by atoms with van der Waals surface area (Å²) < 4.78 is 12.9. The molecule has 0 saturated carbocycles. The monoisotopic (exact) mass is 149 g/mol. The van der Waals surface area contributed by atoms with Crippen molar-refractivity contribution in [2.75, 3.05) is 0 Å². The van der Waals surface area contributed by atoms with Crippen LogP contribution in [0.25, 0.3) is 5.83 Å². The van der Waals surface area contributed by atoms with Gasteiger partial charge in [0, 0.05) is 18.2 Å². The molecule has 0 amide bonds. The number of pyridine rings is 1. The summed E-state index contributed by atoms with van der Waals surface area (Å²) in [4.78, 5) is 4.12. The summed E-state index contributed by atoms with van der Waals surface area (Å²) in [6, 6.07) is 1.83. The molecule has 0 saturated heterocycles. The van der Waals surface area contributed by atoms with Crippen LogP contribution in [0.3, 0.4) is 0 Å². The molecule has 0 unspecified atom stereocenters. The normalized spacial score (nSPS) is 14.5. The van der Waals surface area contributed by atoms with E-state index in [1.54, 1.807) is 12.3 Å². The van der Waals surface area contributed by atoms with Crippen LogP contribution in [0.4, 0.5) is 4.39 Å². The van der Waals surface area contributed by atoms with E-state index in [4.69, 9.17) is 0 Å². The first-order valence-corrected chi connectivity index (χ1v) is 3.59. The molecule has 2 heteroatoms. The van der Waals surface area contributed by atoms with Crippen LogP contribution in [0.15, 0.2) is 18.3 Å². The predicted octanol–water partition coefficient (Wildman–Crippen LogP) is 2.26. The van der Waals surface area contributed by atoms with Crippen molar-refractivity contribution in [1.29, 1.82) is 0 Å². The number of hydrogen-bond donors (Lipinski definition) is 0. The van der Waals surface area contributed by atoms with Gasteiger partial charge >= 0.3 is 0 Å². The van der Waals surface area contributed by atoms with Gasteiger partial charge in [-0.1, -0.05) is 0 Å². The Kier molecular flexibility index (Phi) is 1.28. The van der Waals surface area contributed by atoms with E-state index in [0.29, 0.717) is 12.0 Å². The number of aromatic nitrogens is 1. The summed E-state index contributed by atoms with van der Waals surface area (Å²) in [6.07, 6.45) is 3.98. The largest absolute Gasteiger partial charge is 0.260 e. The van der Waals surface area contributed by atoms with Gasteiger partial charge in [0.15, 0.2) is 0 Å². The smallest absolute Gasteiger partial charge is 0.128 e. The van der Waals surface area contributed by atoms with Gasteiger partial charge in [-0.15, -0.1) is 0 Å². The topological polar surface area (TPSA) is 12.9 Å².